The summed E-state index contributed by atoms with van der Waals surface area (Å²) < 4.78 is 16.9. The summed E-state index contributed by atoms with van der Waals surface area (Å²) in [7, 11) is 0. The van der Waals surface area contributed by atoms with Gasteiger partial charge < -0.3 is 14.2 Å². The van der Waals surface area contributed by atoms with Crippen molar-refractivity contribution >= 4 is 17.9 Å². The molecule has 0 radical (unpaired) electrons. The van der Waals surface area contributed by atoms with E-state index in [4.69, 9.17) is 14.2 Å². The van der Waals surface area contributed by atoms with E-state index in [1.54, 1.807) is 0 Å². The summed E-state index contributed by atoms with van der Waals surface area (Å²) in [6.07, 6.45) is 59.4. The molecule has 0 rings (SSSR count). The molecule has 6 heteroatoms. The second-order valence-electron chi connectivity index (χ2n) is 20.9. The first-order chi connectivity index (χ1) is 32.4. The number of carbonyl (C=O) groups is 3. The number of ether oxygens (including phenoxy) is 3. The van der Waals surface area contributed by atoms with E-state index in [2.05, 4.69) is 27.7 Å². The summed E-state index contributed by atoms with van der Waals surface area (Å²) in [4.78, 5) is 38.2. The zero-order valence-corrected chi connectivity index (χ0v) is 45.2. The molecule has 0 fully saturated rings. The van der Waals surface area contributed by atoms with Crippen LogP contribution >= 0.6 is 0 Å². The van der Waals surface area contributed by atoms with Crippen LogP contribution < -0.4 is 0 Å². The molecule has 66 heavy (non-hydrogen) atoms. The summed E-state index contributed by atoms with van der Waals surface area (Å²) in [6.45, 7) is 9.10. The molecule has 0 saturated heterocycles. The molecular weight excluding hydrogens is 817 g/mol. The lowest BCUT2D eigenvalue weighted by Crippen LogP contribution is -2.30. The molecule has 0 aromatic carbocycles. The van der Waals surface area contributed by atoms with Crippen molar-refractivity contribution in [2.45, 2.75) is 348 Å². The molecule has 2 atom stereocenters. The first kappa shape index (κ1) is 64.4. The molecular formula is C60H116O6. The van der Waals surface area contributed by atoms with E-state index in [1.165, 1.54) is 238 Å². The largest absolute Gasteiger partial charge is 0.462 e. The van der Waals surface area contributed by atoms with Crippen LogP contribution in [0.1, 0.15) is 342 Å². The van der Waals surface area contributed by atoms with Gasteiger partial charge in [-0.3, -0.25) is 14.4 Å². The molecule has 0 aliphatic rings. The molecule has 0 saturated carbocycles. The highest BCUT2D eigenvalue weighted by Crippen LogP contribution is 2.19. The average molecular weight is 934 g/mol. The van der Waals surface area contributed by atoms with Crippen molar-refractivity contribution in [2.24, 2.45) is 5.92 Å². The van der Waals surface area contributed by atoms with Crippen molar-refractivity contribution in [3.8, 4) is 0 Å². The van der Waals surface area contributed by atoms with Crippen molar-refractivity contribution in [3.05, 3.63) is 0 Å². The second-order valence-corrected chi connectivity index (χ2v) is 20.9. The third-order valence-electron chi connectivity index (χ3n) is 14.2. The molecule has 0 aromatic rings. The lowest BCUT2D eigenvalue weighted by atomic mass is 9.99. The van der Waals surface area contributed by atoms with E-state index in [0.717, 1.165) is 63.7 Å². The van der Waals surface area contributed by atoms with E-state index in [0.29, 0.717) is 19.3 Å². The van der Waals surface area contributed by atoms with Gasteiger partial charge in [-0.25, -0.2) is 0 Å². The number of unbranched alkanes of at least 4 members (excludes halogenated alkanes) is 41. The third-order valence-corrected chi connectivity index (χ3v) is 14.2. The van der Waals surface area contributed by atoms with Gasteiger partial charge in [0.1, 0.15) is 13.2 Å². The smallest absolute Gasteiger partial charge is 0.306 e. The van der Waals surface area contributed by atoms with E-state index in [9.17, 15) is 14.4 Å². The Morgan fingerprint density at radius 3 is 0.788 bits per heavy atom. The van der Waals surface area contributed by atoms with E-state index in [1.807, 2.05) is 0 Å². The standard InChI is InChI=1S/C60H116O6/c1-5-8-10-12-14-16-18-20-21-22-23-24-28-32-35-39-43-47-51-58(61)64-54-57(66-60(63)53-49-45-41-37-31-19-17-15-13-11-9-6-2)55-65-59(62)52-48-44-40-36-33-29-26-25-27-30-34-38-42-46-50-56(4)7-3/h56-57H,5-55H2,1-4H3/t56?,57-/m1/s1. The van der Waals surface area contributed by atoms with Crippen LogP contribution in [0.4, 0.5) is 0 Å². The maximum Gasteiger partial charge on any atom is 0.306 e. The number of hydrogen-bond donors (Lipinski definition) is 0. The van der Waals surface area contributed by atoms with Crippen molar-refractivity contribution in [3.63, 3.8) is 0 Å². The predicted molar refractivity (Wildman–Crippen MR) is 284 cm³/mol. The Hall–Kier alpha value is -1.59. The lowest BCUT2D eigenvalue weighted by molar-refractivity contribution is -0.167. The zero-order chi connectivity index (χ0) is 48.1. The van der Waals surface area contributed by atoms with Gasteiger partial charge in [0.2, 0.25) is 0 Å². The minimum atomic E-state index is -0.762. The Kier molecular flexibility index (Phi) is 53.0. The van der Waals surface area contributed by atoms with Crippen LogP contribution in [0.25, 0.3) is 0 Å². The highest BCUT2D eigenvalue weighted by molar-refractivity contribution is 5.71. The van der Waals surface area contributed by atoms with Gasteiger partial charge in [-0.1, -0.05) is 304 Å². The molecule has 0 amide bonds. The van der Waals surface area contributed by atoms with E-state index >= 15 is 0 Å². The Labute approximate surface area is 412 Å². The molecule has 0 heterocycles. The fourth-order valence-electron chi connectivity index (χ4n) is 9.25. The predicted octanol–water partition coefficient (Wildman–Crippen LogP) is 19.8. The minimum absolute atomic E-state index is 0.0616. The highest BCUT2D eigenvalue weighted by Gasteiger charge is 2.19. The minimum Gasteiger partial charge on any atom is -0.462 e. The molecule has 0 aromatic heterocycles. The van der Waals surface area contributed by atoms with Gasteiger partial charge in [0, 0.05) is 19.3 Å². The first-order valence-electron chi connectivity index (χ1n) is 29.9. The second kappa shape index (κ2) is 54.4. The fraction of sp³-hybridized carbons (Fsp3) is 0.950. The summed E-state index contributed by atoms with van der Waals surface area (Å²) in [6, 6.07) is 0. The van der Waals surface area contributed by atoms with Gasteiger partial charge in [0.15, 0.2) is 6.10 Å². The van der Waals surface area contributed by atoms with Crippen LogP contribution in [0, 0.1) is 5.92 Å². The van der Waals surface area contributed by atoms with Crippen molar-refractivity contribution in [1.82, 2.24) is 0 Å². The van der Waals surface area contributed by atoms with Gasteiger partial charge in [0.05, 0.1) is 0 Å². The first-order valence-corrected chi connectivity index (χ1v) is 29.9. The van der Waals surface area contributed by atoms with Crippen LogP contribution in [0.15, 0.2) is 0 Å². The molecule has 1 unspecified atom stereocenters. The van der Waals surface area contributed by atoms with Gasteiger partial charge in [-0.15, -0.1) is 0 Å². The Bertz CT molecular complexity index is 998. The lowest BCUT2D eigenvalue weighted by Gasteiger charge is -2.18. The Morgan fingerprint density at radius 1 is 0.303 bits per heavy atom. The summed E-state index contributed by atoms with van der Waals surface area (Å²) in [5.41, 5.74) is 0. The van der Waals surface area contributed by atoms with E-state index in [-0.39, 0.29) is 31.1 Å². The topological polar surface area (TPSA) is 78.9 Å². The van der Waals surface area contributed by atoms with Crippen molar-refractivity contribution in [2.75, 3.05) is 13.2 Å². The van der Waals surface area contributed by atoms with Crippen molar-refractivity contribution in [1.29, 1.82) is 0 Å². The monoisotopic (exact) mass is 933 g/mol. The van der Waals surface area contributed by atoms with E-state index < -0.39 is 6.10 Å². The number of hydrogen-bond acceptors (Lipinski definition) is 6. The highest BCUT2D eigenvalue weighted by atomic mass is 16.6. The molecule has 0 N–H and O–H groups in total. The Balaban J connectivity index is 4.25. The van der Waals surface area contributed by atoms with Crippen LogP contribution in [-0.2, 0) is 28.6 Å². The van der Waals surface area contributed by atoms with Crippen molar-refractivity contribution < 1.29 is 28.6 Å². The van der Waals surface area contributed by atoms with Gasteiger partial charge in [0.25, 0.3) is 0 Å². The molecule has 0 spiro atoms. The summed E-state index contributed by atoms with van der Waals surface area (Å²) in [5.74, 6) is 0.0623. The number of esters is 3. The molecule has 0 aliphatic carbocycles. The third kappa shape index (κ3) is 51.8. The van der Waals surface area contributed by atoms with Crippen LogP contribution in [0.5, 0.6) is 0 Å². The summed E-state index contributed by atoms with van der Waals surface area (Å²) >= 11 is 0. The average Bonchev–Trinajstić information content (AvgIpc) is 3.32. The molecule has 392 valence electrons. The zero-order valence-electron chi connectivity index (χ0n) is 45.2. The van der Waals surface area contributed by atoms with Crippen LogP contribution in [0.2, 0.25) is 0 Å². The molecule has 0 aliphatic heterocycles. The summed E-state index contributed by atoms with van der Waals surface area (Å²) in [5, 5.41) is 0. The maximum atomic E-state index is 12.8. The molecule has 0 bridgehead atoms. The quantitative estimate of drug-likeness (QED) is 0.0343. The van der Waals surface area contributed by atoms with Gasteiger partial charge in [-0.05, 0) is 25.2 Å². The SMILES string of the molecule is CCCCCCCCCCCCCCCCCCCCC(=O)OC[C@H](COC(=O)CCCCCCCCCCCCCCCCC(C)CC)OC(=O)CCCCCCCCCCCCCC. The van der Waals surface area contributed by atoms with Crippen LogP contribution in [0.3, 0.4) is 0 Å². The van der Waals surface area contributed by atoms with Crippen LogP contribution in [-0.4, -0.2) is 37.2 Å². The molecule has 6 nitrogen and oxygen atoms in total. The number of rotatable bonds is 55. The number of carbonyl (C=O) groups excluding carboxylic acids is 3. The van der Waals surface area contributed by atoms with Gasteiger partial charge >= 0.3 is 17.9 Å². The normalized spacial score (nSPS) is 12.4. The maximum absolute atomic E-state index is 12.8. The fourth-order valence-corrected chi connectivity index (χ4v) is 9.25. The van der Waals surface area contributed by atoms with Gasteiger partial charge in [-0.2, -0.15) is 0 Å². The Morgan fingerprint density at radius 2 is 0.530 bits per heavy atom.